The van der Waals surface area contributed by atoms with Crippen molar-refractivity contribution in [1.29, 1.82) is 0 Å². The summed E-state index contributed by atoms with van der Waals surface area (Å²) in [6.07, 6.45) is -1.06. The molecule has 0 spiro atoms. The molecule has 0 unspecified atom stereocenters. The summed E-state index contributed by atoms with van der Waals surface area (Å²) < 4.78 is 18.1. The molecule has 0 bridgehead atoms. The normalized spacial score (nSPS) is 11.3. The van der Waals surface area contributed by atoms with Crippen molar-refractivity contribution in [1.82, 2.24) is 0 Å². The van der Waals surface area contributed by atoms with Gasteiger partial charge in [0.1, 0.15) is 5.82 Å². The highest BCUT2D eigenvalue weighted by Crippen LogP contribution is 2.14. The standard InChI is InChI=1S/C18H17FN2O4/c1-11(25-18(24)13-4-3-5-14(19)10-13)17(23)21-16-8-6-15(7-9-16)20-12(2)22/h3-11H,1-2H3,(H,20,22)(H,21,23)/t11-/m1/s1. The van der Waals surface area contributed by atoms with Gasteiger partial charge in [0, 0.05) is 18.3 Å². The maximum absolute atomic E-state index is 13.1. The van der Waals surface area contributed by atoms with Gasteiger partial charge in [-0.05, 0) is 49.4 Å². The fraction of sp³-hybridized carbons (Fsp3) is 0.167. The van der Waals surface area contributed by atoms with Gasteiger partial charge in [-0.3, -0.25) is 9.59 Å². The molecule has 2 N–H and O–H groups in total. The van der Waals surface area contributed by atoms with Crippen molar-refractivity contribution in [2.75, 3.05) is 10.6 Å². The van der Waals surface area contributed by atoms with Gasteiger partial charge in [0.15, 0.2) is 6.10 Å². The monoisotopic (exact) mass is 344 g/mol. The van der Waals surface area contributed by atoms with Crippen LogP contribution in [0.3, 0.4) is 0 Å². The fourth-order valence-electron chi connectivity index (χ4n) is 1.98. The molecule has 1 atom stereocenters. The quantitative estimate of drug-likeness (QED) is 0.817. The molecule has 0 aliphatic heterocycles. The van der Waals surface area contributed by atoms with Crippen molar-refractivity contribution < 1.29 is 23.5 Å². The first kappa shape index (κ1) is 18.1. The molecule has 2 amide bonds. The lowest BCUT2D eigenvalue weighted by Crippen LogP contribution is -2.30. The molecule has 0 heterocycles. The Hall–Kier alpha value is -3.22. The number of carbonyl (C=O) groups excluding carboxylic acids is 3. The smallest absolute Gasteiger partial charge is 0.339 e. The summed E-state index contributed by atoms with van der Waals surface area (Å²) in [5.74, 6) is -2.08. The van der Waals surface area contributed by atoms with Crippen LogP contribution < -0.4 is 10.6 Å². The first-order valence-corrected chi connectivity index (χ1v) is 7.50. The van der Waals surface area contributed by atoms with Crippen LogP contribution in [0.4, 0.5) is 15.8 Å². The van der Waals surface area contributed by atoms with E-state index < -0.39 is 23.8 Å². The van der Waals surface area contributed by atoms with Crippen LogP contribution >= 0.6 is 0 Å². The maximum Gasteiger partial charge on any atom is 0.339 e. The molecule has 130 valence electrons. The fourth-order valence-corrected chi connectivity index (χ4v) is 1.98. The average molecular weight is 344 g/mol. The Kier molecular flexibility index (Phi) is 5.84. The third kappa shape index (κ3) is 5.42. The summed E-state index contributed by atoms with van der Waals surface area (Å²) in [7, 11) is 0. The SMILES string of the molecule is CC(=O)Nc1ccc(NC(=O)[C@@H](C)OC(=O)c2cccc(F)c2)cc1. The molecule has 0 radical (unpaired) electrons. The second-order valence-corrected chi connectivity index (χ2v) is 5.31. The molecule has 0 fully saturated rings. The molecule has 6 nitrogen and oxygen atoms in total. The van der Waals surface area contributed by atoms with E-state index in [1.807, 2.05) is 0 Å². The number of anilines is 2. The van der Waals surface area contributed by atoms with Gasteiger partial charge in [0.05, 0.1) is 5.56 Å². The highest BCUT2D eigenvalue weighted by Gasteiger charge is 2.19. The molecule has 0 saturated heterocycles. The van der Waals surface area contributed by atoms with E-state index in [1.165, 1.54) is 32.0 Å². The van der Waals surface area contributed by atoms with E-state index in [0.29, 0.717) is 11.4 Å². The maximum atomic E-state index is 13.1. The molecule has 0 aliphatic carbocycles. The molecular formula is C18H17FN2O4. The van der Waals surface area contributed by atoms with Crippen molar-refractivity contribution in [3.63, 3.8) is 0 Å². The molecule has 0 aliphatic rings. The first-order chi connectivity index (χ1) is 11.8. The number of rotatable bonds is 5. The summed E-state index contributed by atoms with van der Waals surface area (Å²) in [5.41, 5.74) is 1.10. The zero-order chi connectivity index (χ0) is 18.4. The van der Waals surface area contributed by atoms with Crippen molar-refractivity contribution in [2.24, 2.45) is 0 Å². The van der Waals surface area contributed by atoms with Gasteiger partial charge in [-0.15, -0.1) is 0 Å². The summed E-state index contributed by atoms with van der Waals surface area (Å²) >= 11 is 0. The second kappa shape index (κ2) is 8.05. The minimum absolute atomic E-state index is 0.0271. The Bertz CT molecular complexity index is 790. The Morgan fingerprint density at radius 3 is 2.16 bits per heavy atom. The summed E-state index contributed by atoms with van der Waals surface area (Å²) in [6, 6.07) is 11.5. The van der Waals surface area contributed by atoms with Gasteiger partial charge in [-0.25, -0.2) is 9.18 Å². The molecular weight excluding hydrogens is 327 g/mol. The summed E-state index contributed by atoms with van der Waals surface area (Å²) in [5, 5.41) is 5.19. The Balaban J connectivity index is 1.93. The van der Waals surface area contributed by atoms with Gasteiger partial charge >= 0.3 is 5.97 Å². The zero-order valence-electron chi connectivity index (χ0n) is 13.7. The van der Waals surface area contributed by atoms with Crippen molar-refractivity contribution in [3.05, 3.63) is 59.9 Å². The van der Waals surface area contributed by atoms with E-state index in [-0.39, 0.29) is 11.5 Å². The van der Waals surface area contributed by atoms with Crippen molar-refractivity contribution in [3.8, 4) is 0 Å². The third-order valence-corrected chi connectivity index (χ3v) is 3.19. The lowest BCUT2D eigenvalue weighted by Gasteiger charge is -2.14. The average Bonchev–Trinajstić information content (AvgIpc) is 2.56. The number of esters is 1. The number of hydrogen-bond acceptors (Lipinski definition) is 4. The molecule has 2 aromatic carbocycles. The van der Waals surface area contributed by atoms with Gasteiger partial charge < -0.3 is 15.4 Å². The van der Waals surface area contributed by atoms with Crippen LogP contribution in [0.15, 0.2) is 48.5 Å². The number of halogens is 1. The molecule has 2 rings (SSSR count). The van der Waals surface area contributed by atoms with E-state index in [1.54, 1.807) is 24.3 Å². The van der Waals surface area contributed by atoms with E-state index in [4.69, 9.17) is 4.74 Å². The third-order valence-electron chi connectivity index (χ3n) is 3.19. The molecule has 2 aromatic rings. The number of benzene rings is 2. The molecule has 7 heteroatoms. The Morgan fingerprint density at radius 2 is 1.60 bits per heavy atom. The number of amides is 2. The van der Waals surface area contributed by atoms with Crippen molar-refractivity contribution in [2.45, 2.75) is 20.0 Å². The summed E-state index contributed by atoms with van der Waals surface area (Å²) in [6.45, 7) is 2.81. The number of ether oxygens (including phenoxy) is 1. The van der Waals surface area contributed by atoms with Crippen LogP contribution in [0.25, 0.3) is 0 Å². The lowest BCUT2D eigenvalue weighted by molar-refractivity contribution is -0.123. The topological polar surface area (TPSA) is 84.5 Å². The van der Waals surface area contributed by atoms with Crippen LogP contribution in [-0.2, 0) is 14.3 Å². The lowest BCUT2D eigenvalue weighted by atomic mass is 10.2. The second-order valence-electron chi connectivity index (χ2n) is 5.31. The van der Waals surface area contributed by atoms with Crippen LogP contribution in [0.1, 0.15) is 24.2 Å². The van der Waals surface area contributed by atoms with Gasteiger partial charge in [-0.1, -0.05) is 6.07 Å². The predicted molar refractivity (Wildman–Crippen MR) is 90.7 cm³/mol. The zero-order valence-corrected chi connectivity index (χ0v) is 13.7. The van der Waals surface area contributed by atoms with Gasteiger partial charge in [-0.2, -0.15) is 0 Å². The highest BCUT2D eigenvalue weighted by atomic mass is 19.1. The number of nitrogens with one attached hydrogen (secondary N) is 2. The van der Waals surface area contributed by atoms with E-state index >= 15 is 0 Å². The van der Waals surface area contributed by atoms with Crippen LogP contribution in [0.5, 0.6) is 0 Å². The first-order valence-electron chi connectivity index (χ1n) is 7.50. The minimum Gasteiger partial charge on any atom is -0.449 e. The largest absolute Gasteiger partial charge is 0.449 e. The summed E-state index contributed by atoms with van der Waals surface area (Å²) in [4.78, 5) is 34.9. The highest BCUT2D eigenvalue weighted by molar-refractivity contribution is 5.97. The van der Waals surface area contributed by atoms with E-state index in [0.717, 1.165) is 6.07 Å². The van der Waals surface area contributed by atoms with Gasteiger partial charge in [0.25, 0.3) is 5.91 Å². The molecule has 0 aromatic heterocycles. The van der Waals surface area contributed by atoms with E-state index in [2.05, 4.69) is 10.6 Å². The van der Waals surface area contributed by atoms with Crippen LogP contribution in [0.2, 0.25) is 0 Å². The van der Waals surface area contributed by atoms with Crippen molar-refractivity contribution >= 4 is 29.2 Å². The predicted octanol–water partition coefficient (Wildman–Crippen LogP) is 2.97. The number of hydrogen-bond donors (Lipinski definition) is 2. The van der Waals surface area contributed by atoms with Crippen LogP contribution in [-0.4, -0.2) is 23.9 Å². The Labute approximate surface area is 144 Å². The minimum atomic E-state index is -1.06. The molecule has 0 saturated carbocycles. The molecule has 25 heavy (non-hydrogen) atoms. The van der Waals surface area contributed by atoms with Gasteiger partial charge in [0.2, 0.25) is 5.91 Å². The van der Waals surface area contributed by atoms with E-state index in [9.17, 15) is 18.8 Å². The van der Waals surface area contributed by atoms with Crippen LogP contribution in [0, 0.1) is 5.82 Å². The Morgan fingerprint density at radius 1 is 1.00 bits per heavy atom. The number of carbonyl (C=O) groups is 3.